The molecule has 2 unspecified atom stereocenters. The third-order valence-corrected chi connectivity index (χ3v) is 3.63. The minimum absolute atomic E-state index is 0.747. The summed E-state index contributed by atoms with van der Waals surface area (Å²) in [5.41, 5.74) is 0.755. The lowest BCUT2D eigenvalue weighted by Gasteiger charge is -2.55. The largest absolute Gasteiger partial charge is 0.309 e. The molecule has 0 aromatic rings. The van der Waals surface area contributed by atoms with Crippen LogP contribution in [0.25, 0.3) is 0 Å². The molecule has 1 heterocycles. The van der Waals surface area contributed by atoms with Crippen LogP contribution in [0.5, 0.6) is 0 Å². The van der Waals surface area contributed by atoms with Gasteiger partial charge in [-0.2, -0.15) is 0 Å². The highest BCUT2D eigenvalue weighted by atomic mass is 31.0. The highest BCUT2D eigenvalue weighted by molar-refractivity contribution is 7.17. The first-order valence-corrected chi connectivity index (χ1v) is 3.99. The summed E-state index contributed by atoms with van der Waals surface area (Å²) in [6, 6.07) is 0. The van der Waals surface area contributed by atoms with Crippen molar-refractivity contribution < 1.29 is 0 Å². The Labute approximate surface area is 52.4 Å². The zero-order valence-corrected chi connectivity index (χ0v) is 6.14. The molecule has 0 aromatic carbocycles. The standard InChI is InChI=1S/C6H12NP/c8-5-6(4-7-5)2-1-3-6/h5,7H,1-4,8H2. The van der Waals surface area contributed by atoms with Gasteiger partial charge in [0.15, 0.2) is 0 Å². The number of nitrogens with one attached hydrogen (secondary N) is 1. The van der Waals surface area contributed by atoms with Crippen molar-refractivity contribution in [2.75, 3.05) is 6.54 Å². The molecule has 1 aliphatic heterocycles. The van der Waals surface area contributed by atoms with Crippen LogP contribution in [0.2, 0.25) is 0 Å². The molecule has 1 aliphatic carbocycles. The predicted molar refractivity (Wildman–Crippen MR) is 37.8 cm³/mol. The Balaban J connectivity index is 2.03. The van der Waals surface area contributed by atoms with Gasteiger partial charge in [-0.25, -0.2) is 0 Å². The second-order valence-corrected chi connectivity index (χ2v) is 3.74. The van der Waals surface area contributed by atoms with Gasteiger partial charge < -0.3 is 5.32 Å². The number of hydrogen-bond donors (Lipinski definition) is 1. The summed E-state index contributed by atoms with van der Waals surface area (Å²) in [4.78, 5) is 0. The van der Waals surface area contributed by atoms with E-state index < -0.39 is 0 Å². The Kier molecular flexibility index (Phi) is 0.947. The molecule has 1 spiro atoms. The summed E-state index contributed by atoms with van der Waals surface area (Å²) in [5, 5.41) is 3.36. The van der Waals surface area contributed by atoms with Crippen LogP contribution >= 0.6 is 9.24 Å². The van der Waals surface area contributed by atoms with Gasteiger partial charge in [0.05, 0.1) is 0 Å². The third kappa shape index (κ3) is 0.447. The van der Waals surface area contributed by atoms with E-state index in [1.165, 1.54) is 25.8 Å². The summed E-state index contributed by atoms with van der Waals surface area (Å²) >= 11 is 0. The molecule has 0 bridgehead atoms. The highest BCUT2D eigenvalue weighted by Crippen LogP contribution is 2.50. The van der Waals surface area contributed by atoms with Crippen LogP contribution in [0.15, 0.2) is 0 Å². The Morgan fingerprint density at radius 1 is 1.50 bits per heavy atom. The van der Waals surface area contributed by atoms with Gasteiger partial charge in [-0.3, -0.25) is 0 Å². The average molecular weight is 129 g/mol. The Morgan fingerprint density at radius 2 is 2.25 bits per heavy atom. The van der Waals surface area contributed by atoms with E-state index in [1.807, 2.05) is 0 Å². The van der Waals surface area contributed by atoms with Crippen molar-refractivity contribution in [3.05, 3.63) is 0 Å². The lowest BCUT2D eigenvalue weighted by molar-refractivity contribution is 0.0407. The van der Waals surface area contributed by atoms with E-state index in [0.717, 1.165) is 11.2 Å². The van der Waals surface area contributed by atoms with Gasteiger partial charge in [0.25, 0.3) is 0 Å². The summed E-state index contributed by atoms with van der Waals surface area (Å²) in [5.74, 6) is 0.747. The van der Waals surface area contributed by atoms with E-state index in [4.69, 9.17) is 0 Å². The maximum Gasteiger partial charge on any atom is 0.0279 e. The first kappa shape index (κ1) is 5.20. The topological polar surface area (TPSA) is 12.0 Å². The van der Waals surface area contributed by atoms with Crippen molar-refractivity contribution in [2.24, 2.45) is 5.41 Å². The van der Waals surface area contributed by atoms with Crippen LogP contribution in [0.3, 0.4) is 0 Å². The summed E-state index contributed by atoms with van der Waals surface area (Å²) in [6.45, 7) is 1.28. The van der Waals surface area contributed by atoms with E-state index in [2.05, 4.69) is 14.6 Å². The quantitative estimate of drug-likeness (QED) is 0.480. The Morgan fingerprint density at radius 3 is 2.25 bits per heavy atom. The molecule has 2 atom stereocenters. The van der Waals surface area contributed by atoms with Gasteiger partial charge in [0, 0.05) is 17.7 Å². The fraction of sp³-hybridized carbons (Fsp3) is 1.00. The fourth-order valence-corrected chi connectivity index (χ4v) is 2.20. The van der Waals surface area contributed by atoms with E-state index >= 15 is 0 Å². The van der Waals surface area contributed by atoms with Crippen LogP contribution in [-0.2, 0) is 0 Å². The molecule has 0 aromatic heterocycles. The van der Waals surface area contributed by atoms with Crippen molar-refractivity contribution >= 4 is 9.24 Å². The molecular formula is C6H12NP. The van der Waals surface area contributed by atoms with E-state index in [1.54, 1.807) is 0 Å². The molecule has 1 N–H and O–H groups in total. The zero-order valence-electron chi connectivity index (χ0n) is 4.98. The number of hydrogen-bond acceptors (Lipinski definition) is 1. The molecule has 2 aliphatic rings. The molecule has 2 rings (SSSR count). The highest BCUT2D eigenvalue weighted by Gasteiger charge is 2.48. The first-order chi connectivity index (χ1) is 3.83. The van der Waals surface area contributed by atoms with Gasteiger partial charge in [0.2, 0.25) is 0 Å². The van der Waals surface area contributed by atoms with Gasteiger partial charge in [0.1, 0.15) is 0 Å². The van der Waals surface area contributed by atoms with Gasteiger partial charge in [-0.1, -0.05) is 6.42 Å². The van der Waals surface area contributed by atoms with Crippen molar-refractivity contribution in [1.82, 2.24) is 5.32 Å². The van der Waals surface area contributed by atoms with Crippen molar-refractivity contribution in [3.8, 4) is 0 Å². The summed E-state index contributed by atoms with van der Waals surface area (Å²) in [7, 11) is 2.87. The summed E-state index contributed by atoms with van der Waals surface area (Å²) in [6.07, 6.45) is 4.40. The average Bonchev–Trinajstić information content (AvgIpc) is 1.58. The molecular weight excluding hydrogens is 117 g/mol. The van der Waals surface area contributed by atoms with E-state index in [9.17, 15) is 0 Å². The smallest absolute Gasteiger partial charge is 0.0279 e. The predicted octanol–water partition coefficient (Wildman–Crippen LogP) is 0.961. The van der Waals surface area contributed by atoms with Crippen molar-refractivity contribution in [1.29, 1.82) is 0 Å². The zero-order chi connectivity index (χ0) is 5.61. The normalized spacial score (nSPS) is 40.9. The van der Waals surface area contributed by atoms with Crippen LogP contribution in [0, 0.1) is 5.41 Å². The molecule has 1 nitrogen and oxygen atoms in total. The maximum atomic E-state index is 3.36. The van der Waals surface area contributed by atoms with Crippen LogP contribution < -0.4 is 5.32 Å². The monoisotopic (exact) mass is 129 g/mol. The van der Waals surface area contributed by atoms with E-state index in [0.29, 0.717) is 0 Å². The van der Waals surface area contributed by atoms with Gasteiger partial charge in [-0.15, -0.1) is 9.24 Å². The molecule has 0 amide bonds. The minimum atomic E-state index is 0.747. The SMILES string of the molecule is PC1NCC12CCC2. The molecule has 2 fully saturated rings. The van der Waals surface area contributed by atoms with E-state index in [-0.39, 0.29) is 0 Å². The molecule has 46 valence electrons. The summed E-state index contributed by atoms with van der Waals surface area (Å²) < 4.78 is 0. The fourth-order valence-electron chi connectivity index (χ4n) is 1.63. The molecule has 1 saturated heterocycles. The molecule has 8 heavy (non-hydrogen) atoms. The van der Waals surface area contributed by atoms with Gasteiger partial charge >= 0.3 is 0 Å². The Bertz CT molecular complexity index is 104. The van der Waals surface area contributed by atoms with Crippen LogP contribution in [-0.4, -0.2) is 12.3 Å². The molecule has 2 heteroatoms. The minimum Gasteiger partial charge on any atom is -0.309 e. The van der Waals surface area contributed by atoms with Crippen molar-refractivity contribution in [2.45, 2.75) is 25.0 Å². The van der Waals surface area contributed by atoms with Crippen LogP contribution in [0.1, 0.15) is 19.3 Å². The lowest BCUT2D eigenvalue weighted by atomic mass is 9.64. The third-order valence-electron chi connectivity index (χ3n) is 2.68. The molecule has 0 radical (unpaired) electrons. The first-order valence-electron chi connectivity index (χ1n) is 3.32. The van der Waals surface area contributed by atoms with Crippen molar-refractivity contribution in [3.63, 3.8) is 0 Å². The second-order valence-electron chi connectivity index (χ2n) is 3.07. The van der Waals surface area contributed by atoms with Crippen LogP contribution in [0.4, 0.5) is 0 Å². The maximum absolute atomic E-state index is 3.36. The van der Waals surface area contributed by atoms with Gasteiger partial charge in [-0.05, 0) is 12.8 Å². The molecule has 1 saturated carbocycles. The Hall–Kier alpha value is 0.390. The second kappa shape index (κ2) is 1.46. The number of rotatable bonds is 0. The lowest BCUT2D eigenvalue weighted by Crippen LogP contribution is -2.62.